The summed E-state index contributed by atoms with van der Waals surface area (Å²) < 4.78 is 27.7. The third-order valence-corrected chi connectivity index (χ3v) is 9.19. The van der Waals surface area contributed by atoms with Crippen LogP contribution in [0, 0.1) is 22.7 Å². The highest BCUT2D eigenvalue weighted by molar-refractivity contribution is 6.01. The van der Waals surface area contributed by atoms with Crippen molar-refractivity contribution in [3.05, 3.63) is 23.8 Å². The summed E-state index contributed by atoms with van der Waals surface area (Å²) in [5, 5.41) is 0. The molecule has 5 aliphatic rings. The summed E-state index contributed by atoms with van der Waals surface area (Å²) in [4.78, 5) is 37.1. The number of allylic oxidation sites excluding steroid dienone is 2. The van der Waals surface area contributed by atoms with E-state index in [4.69, 9.17) is 9.47 Å². The molecule has 3 saturated carbocycles. The summed E-state index contributed by atoms with van der Waals surface area (Å²) in [5.74, 6) is -0.783. The van der Waals surface area contributed by atoms with Gasteiger partial charge < -0.3 is 9.47 Å². The maximum absolute atomic E-state index is 15.4. The molecule has 0 N–H and O–H groups in total. The van der Waals surface area contributed by atoms with E-state index in [9.17, 15) is 14.4 Å². The minimum Gasteiger partial charge on any atom is -0.450 e. The van der Waals surface area contributed by atoms with Gasteiger partial charge in [0.15, 0.2) is 17.2 Å². The fraction of sp³-hybridized carbons (Fsp3) is 0.708. The zero-order valence-electron chi connectivity index (χ0n) is 18.0. The normalized spacial score (nSPS) is 50.6. The monoisotopic (exact) mass is 416 g/mol. The number of alkyl halides is 1. The van der Waals surface area contributed by atoms with Crippen molar-refractivity contribution in [1.82, 2.24) is 0 Å². The number of fused-ring (bicyclic) bond motifs is 3. The number of epoxide rings is 1. The molecule has 4 fully saturated rings. The van der Waals surface area contributed by atoms with Gasteiger partial charge in [0.25, 0.3) is 0 Å². The Morgan fingerprint density at radius 3 is 2.70 bits per heavy atom. The van der Waals surface area contributed by atoms with E-state index in [1.165, 1.54) is 19.1 Å². The van der Waals surface area contributed by atoms with Crippen LogP contribution >= 0.6 is 0 Å². The molecule has 1 spiro atoms. The molecule has 5 nitrogen and oxygen atoms in total. The lowest BCUT2D eigenvalue weighted by molar-refractivity contribution is -0.185. The summed E-state index contributed by atoms with van der Waals surface area (Å²) in [6.45, 7) is 7.24. The average Bonchev–Trinajstić information content (AvgIpc) is 3.34. The lowest BCUT2D eigenvalue weighted by Gasteiger charge is -2.56. The third kappa shape index (κ3) is 2.09. The van der Waals surface area contributed by atoms with Crippen LogP contribution in [0.3, 0.4) is 0 Å². The fourth-order valence-electron chi connectivity index (χ4n) is 7.71. The van der Waals surface area contributed by atoms with Crippen molar-refractivity contribution >= 4 is 17.5 Å². The van der Waals surface area contributed by atoms with Crippen molar-refractivity contribution in [1.29, 1.82) is 0 Å². The molecule has 0 unspecified atom stereocenters. The van der Waals surface area contributed by atoms with Gasteiger partial charge in [0.1, 0.15) is 11.8 Å². The van der Waals surface area contributed by atoms with Gasteiger partial charge in [-0.1, -0.05) is 19.9 Å². The second kappa shape index (κ2) is 5.90. The quantitative estimate of drug-likeness (QED) is 0.519. The minimum atomic E-state index is -1.22. The molecule has 6 heteroatoms. The maximum atomic E-state index is 15.4. The van der Waals surface area contributed by atoms with Gasteiger partial charge in [0.05, 0.1) is 6.10 Å². The Kier molecular flexibility index (Phi) is 3.96. The van der Waals surface area contributed by atoms with E-state index >= 15 is 4.39 Å². The molecule has 0 amide bonds. The number of esters is 1. The highest BCUT2D eigenvalue weighted by Crippen LogP contribution is 2.76. The first-order valence-electron chi connectivity index (χ1n) is 11.1. The summed E-state index contributed by atoms with van der Waals surface area (Å²) in [6.07, 6.45) is 5.66. The molecule has 8 atom stereocenters. The number of hydrogen-bond donors (Lipinski definition) is 0. The zero-order chi connectivity index (χ0) is 21.7. The van der Waals surface area contributed by atoms with Gasteiger partial charge in [0.2, 0.25) is 0 Å². The molecule has 30 heavy (non-hydrogen) atoms. The van der Waals surface area contributed by atoms with Crippen LogP contribution in [0.4, 0.5) is 4.39 Å². The number of carbonyl (C=O) groups is 3. The van der Waals surface area contributed by atoms with Crippen LogP contribution in [0.2, 0.25) is 0 Å². The number of rotatable bonds is 3. The largest absolute Gasteiger partial charge is 0.450 e. The Bertz CT molecular complexity index is 923. The van der Waals surface area contributed by atoms with Crippen LogP contribution in [-0.4, -0.2) is 41.0 Å². The van der Waals surface area contributed by atoms with E-state index in [1.807, 2.05) is 19.9 Å². The molecule has 5 rings (SSSR count). The first-order chi connectivity index (χ1) is 14.1. The predicted octanol–water partition coefficient (Wildman–Crippen LogP) is 3.65. The van der Waals surface area contributed by atoms with E-state index in [-0.39, 0.29) is 48.3 Å². The predicted molar refractivity (Wildman–Crippen MR) is 106 cm³/mol. The first kappa shape index (κ1) is 20.1. The summed E-state index contributed by atoms with van der Waals surface area (Å²) in [5.41, 5.74) is -2.47. The highest BCUT2D eigenvalue weighted by Gasteiger charge is 2.82. The van der Waals surface area contributed by atoms with Crippen molar-refractivity contribution in [3.8, 4) is 0 Å². The second-order valence-corrected chi connectivity index (χ2v) is 10.2. The Balaban J connectivity index is 1.59. The van der Waals surface area contributed by atoms with Crippen molar-refractivity contribution in [2.75, 3.05) is 0 Å². The van der Waals surface area contributed by atoms with Crippen molar-refractivity contribution < 1.29 is 28.2 Å². The Morgan fingerprint density at radius 2 is 2.03 bits per heavy atom. The Morgan fingerprint density at radius 1 is 1.30 bits per heavy atom. The van der Waals surface area contributed by atoms with Crippen LogP contribution in [0.25, 0.3) is 0 Å². The summed E-state index contributed by atoms with van der Waals surface area (Å²) in [7, 11) is 0. The van der Waals surface area contributed by atoms with E-state index < -0.39 is 28.2 Å². The number of hydrogen-bond acceptors (Lipinski definition) is 5. The number of halogens is 1. The number of ketones is 2. The standard InChI is InChI=1S/C24H29FO5/c1-5-20(28)30-23(13(2)26)9-7-15-16-11-18(25)17-10-14(27)6-8-21(17,3)24(16)19(29-24)12-22(15,23)4/h6,8,10,15-16,18-19H,5,7,9,11-12H2,1-4H3/t15-,16-,18-,19-,21-,22-,23-,24+/m0/s1. The molecule has 0 radical (unpaired) electrons. The van der Waals surface area contributed by atoms with E-state index in [0.717, 1.165) is 0 Å². The molecule has 0 aromatic rings. The molecular formula is C24H29FO5. The van der Waals surface area contributed by atoms with Crippen LogP contribution < -0.4 is 0 Å². The molecule has 0 bridgehead atoms. The molecule has 162 valence electrons. The lowest BCUT2D eigenvalue weighted by Crippen LogP contribution is -2.63. The Labute approximate surface area is 176 Å². The fourth-order valence-corrected chi connectivity index (χ4v) is 7.71. The van der Waals surface area contributed by atoms with E-state index in [1.54, 1.807) is 6.92 Å². The molecule has 0 aromatic carbocycles. The number of carbonyl (C=O) groups excluding carboxylic acids is 3. The molecule has 1 saturated heterocycles. The first-order valence-corrected chi connectivity index (χ1v) is 11.1. The van der Waals surface area contributed by atoms with Gasteiger partial charge in [-0.3, -0.25) is 14.4 Å². The average molecular weight is 416 g/mol. The van der Waals surface area contributed by atoms with Crippen molar-refractivity contribution in [2.45, 2.75) is 83.3 Å². The van der Waals surface area contributed by atoms with Gasteiger partial charge in [0, 0.05) is 17.3 Å². The molecular weight excluding hydrogens is 387 g/mol. The molecule has 0 aromatic heterocycles. The lowest BCUT2D eigenvalue weighted by atomic mass is 9.46. The van der Waals surface area contributed by atoms with Gasteiger partial charge >= 0.3 is 5.97 Å². The molecule has 1 heterocycles. The van der Waals surface area contributed by atoms with Crippen LogP contribution in [-0.2, 0) is 23.9 Å². The molecule has 1 aliphatic heterocycles. The van der Waals surface area contributed by atoms with Gasteiger partial charge in [-0.05, 0) is 69.1 Å². The van der Waals surface area contributed by atoms with E-state index in [2.05, 4.69) is 0 Å². The van der Waals surface area contributed by atoms with Crippen LogP contribution in [0.1, 0.15) is 59.8 Å². The SMILES string of the molecule is CCC(=O)O[C@]1(C(C)=O)CC[C@H]2[C@@H]3C[C@H](F)C4=CC(=O)C=C[C@]4(C)[C@@]34O[C@H]4C[C@@]21C. The van der Waals surface area contributed by atoms with E-state index in [0.29, 0.717) is 24.8 Å². The van der Waals surface area contributed by atoms with Crippen LogP contribution in [0.5, 0.6) is 0 Å². The van der Waals surface area contributed by atoms with Gasteiger partial charge in [-0.25, -0.2) is 4.39 Å². The van der Waals surface area contributed by atoms with Crippen molar-refractivity contribution in [3.63, 3.8) is 0 Å². The maximum Gasteiger partial charge on any atom is 0.306 e. The summed E-state index contributed by atoms with van der Waals surface area (Å²) >= 11 is 0. The van der Waals surface area contributed by atoms with Gasteiger partial charge in [-0.15, -0.1) is 0 Å². The third-order valence-electron chi connectivity index (χ3n) is 9.19. The zero-order valence-corrected chi connectivity index (χ0v) is 18.0. The van der Waals surface area contributed by atoms with Crippen LogP contribution in [0.15, 0.2) is 23.8 Å². The summed E-state index contributed by atoms with van der Waals surface area (Å²) in [6, 6.07) is 0. The minimum absolute atomic E-state index is 0.00691. The topological polar surface area (TPSA) is 73.0 Å². The second-order valence-electron chi connectivity index (χ2n) is 10.2. The smallest absolute Gasteiger partial charge is 0.306 e. The number of Topliss-reactive ketones (excluding diaryl/α,β-unsaturated/α-hetero) is 1. The van der Waals surface area contributed by atoms with Crippen molar-refractivity contribution in [2.24, 2.45) is 22.7 Å². The Hall–Kier alpha value is -1.82. The molecule has 4 aliphatic carbocycles. The number of ether oxygens (including phenoxy) is 2. The highest BCUT2D eigenvalue weighted by atomic mass is 19.1. The van der Waals surface area contributed by atoms with Gasteiger partial charge in [-0.2, -0.15) is 0 Å².